The molecule has 3 aliphatic heterocycles. The van der Waals surface area contributed by atoms with E-state index in [1.54, 1.807) is 37.4 Å². The number of aliphatic hydroxyl groups is 2. The number of pyridine rings is 2. The summed E-state index contributed by atoms with van der Waals surface area (Å²) in [5.41, 5.74) is 6.57. The molecular weight excluding hydrogens is 772 g/mol. The molecule has 1 radical (unpaired) electrons. The van der Waals surface area contributed by atoms with Gasteiger partial charge in [0.25, 0.3) is 0 Å². The first-order chi connectivity index (χ1) is 25.6. The third-order valence-corrected chi connectivity index (χ3v) is 11.5. The minimum Gasteiger partial charge on any atom is -0.481 e. The predicted octanol–water partition coefficient (Wildman–Crippen LogP) is 5.74. The number of aryl methyl sites for hydroxylation is 1. The number of carbonyl (C=O) groups is 2. The molecule has 54 heavy (non-hydrogen) atoms. The zero-order chi connectivity index (χ0) is 37.4. The molecule has 8 rings (SSSR count). The minimum atomic E-state index is -0.956. The molecule has 4 amide bonds. The molecule has 0 bridgehead atoms. The number of fused-ring (bicyclic) bond motifs is 2. The molecule has 3 unspecified atom stereocenters. The summed E-state index contributed by atoms with van der Waals surface area (Å²) < 4.78 is 5.87. The van der Waals surface area contributed by atoms with Crippen molar-refractivity contribution in [3.8, 4) is 28.3 Å². The van der Waals surface area contributed by atoms with Gasteiger partial charge in [-0.1, -0.05) is 64.0 Å². The maximum atomic E-state index is 12.6. The first-order valence-corrected chi connectivity index (χ1v) is 18.3. The zero-order valence-electron chi connectivity index (χ0n) is 30.2. The molecule has 283 valence electrons. The van der Waals surface area contributed by atoms with Crippen molar-refractivity contribution < 1.29 is 41.6 Å². The number of carbonyl (C=O) groups excluding carboxylic acids is 2. The Bertz CT molecular complexity index is 2040. The Balaban J connectivity index is 0.000000279. The van der Waals surface area contributed by atoms with Crippen LogP contribution in [-0.4, -0.2) is 106 Å². The van der Waals surface area contributed by atoms with Crippen molar-refractivity contribution in [2.24, 2.45) is 0 Å². The number of hydrogen-bond acceptors (Lipinski definition) is 8. The number of rotatable bonds is 6. The molecule has 3 N–H and O–H groups in total. The van der Waals surface area contributed by atoms with Gasteiger partial charge in [0.15, 0.2) is 0 Å². The number of anilines is 1. The van der Waals surface area contributed by atoms with E-state index in [9.17, 15) is 19.8 Å². The molecule has 12 nitrogen and oxygen atoms in total. The predicted molar refractivity (Wildman–Crippen MR) is 202 cm³/mol. The molecule has 0 saturated carbocycles. The molecule has 3 atom stereocenters. The van der Waals surface area contributed by atoms with Crippen molar-refractivity contribution in [3.05, 3.63) is 93.7 Å². The van der Waals surface area contributed by atoms with Crippen LogP contribution in [0.4, 0.5) is 15.3 Å². The fourth-order valence-electron chi connectivity index (χ4n) is 7.91. The number of urea groups is 2. The molecule has 1 aliphatic carbocycles. The van der Waals surface area contributed by atoms with Crippen LogP contribution in [0, 0.1) is 12.3 Å². The normalized spacial score (nSPS) is 21.9. The first kappa shape index (κ1) is 39.7. The van der Waals surface area contributed by atoms with Gasteiger partial charge < -0.3 is 40.0 Å². The van der Waals surface area contributed by atoms with Crippen LogP contribution in [0.3, 0.4) is 0 Å². The number of hydrogen-bond donors (Lipinski definition) is 3. The molecule has 1 spiro atoms. The number of aromatic nitrogens is 2. The Hall–Kier alpha value is -3.94. The summed E-state index contributed by atoms with van der Waals surface area (Å²) in [6.45, 7) is 2.72. The van der Waals surface area contributed by atoms with E-state index in [-0.39, 0.29) is 47.3 Å². The molecule has 4 aliphatic rings. The number of benzene rings is 2. The number of amides is 4. The number of β-amino-alcohol motifs (C(OH)–C–C–N with tert-alkyl or cyclic N) is 1. The van der Waals surface area contributed by atoms with Crippen molar-refractivity contribution in [1.29, 1.82) is 0 Å². The number of nitrogens with zero attached hydrogens (tertiary/aromatic N) is 6. The summed E-state index contributed by atoms with van der Waals surface area (Å²) >= 11 is 13.4. The number of aliphatic hydroxyl groups excluding tert-OH is 2. The fourth-order valence-corrected chi connectivity index (χ4v) is 8.47. The minimum absolute atomic E-state index is 0. The maximum absolute atomic E-state index is 12.6. The van der Waals surface area contributed by atoms with Gasteiger partial charge in [-0.3, -0.25) is 4.90 Å². The zero-order valence-corrected chi connectivity index (χ0v) is 32.8. The quantitative estimate of drug-likeness (QED) is 0.166. The summed E-state index contributed by atoms with van der Waals surface area (Å²) in [5, 5.41) is 23.3. The van der Waals surface area contributed by atoms with Crippen LogP contribution in [0.5, 0.6) is 5.88 Å². The van der Waals surface area contributed by atoms with Crippen molar-refractivity contribution in [3.63, 3.8) is 0 Å². The van der Waals surface area contributed by atoms with E-state index in [0.717, 1.165) is 66.7 Å². The Morgan fingerprint density at radius 2 is 1.83 bits per heavy atom. The van der Waals surface area contributed by atoms with Crippen LogP contribution in [0.15, 0.2) is 54.7 Å². The molecular formula is C39H41Cl2MnN7O5. The van der Waals surface area contributed by atoms with E-state index in [1.807, 2.05) is 30.3 Å². The van der Waals surface area contributed by atoms with Gasteiger partial charge >= 0.3 is 29.1 Å². The summed E-state index contributed by atoms with van der Waals surface area (Å²) in [6, 6.07) is 18.2. The number of ether oxygens (including phenoxy) is 1. The monoisotopic (exact) mass is 812 g/mol. The summed E-state index contributed by atoms with van der Waals surface area (Å²) in [6.07, 6.45) is 6.95. The Morgan fingerprint density at radius 1 is 1.07 bits per heavy atom. The van der Waals surface area contributed by atoms with Crippen molar-refractivity contribution in [2.75, 3.05) is 58.9 Å². The Kier molecular flexibility index (Phi) is 12.1. The maximum Gasteiger partial charge on any atom is 2.00 e. The number of methoxy groups -OCH3 is 1. The first-order valence-electron chi connectivity index (χ1n) is 17.6. The largest absolute Gasteiger partial charge is 2.00 e. The van der Waals surface area contributed by atoms with Crippen molar-refractivity contribution in [2.45, 2.75) is 43.5 Å². The van der Waals surface area contributed by atoms with E-state index in [1.165, 1.54) is 22.4 Å². The van der Waals surface area contributed by atoms with E-state index in [2.05, 4.69) is 33.5 Å². The van der Waals surface area contributed by atoms with Gasteiger partial charge in [0.05, 0.1) is 24.9 Å². The van der Waals surface area contributed by atoms with Gasteiger partial charge in [-0.25, -0.2) is 14.6 Å². The third kappa shape index (κ3) is 7.38. The van der Waals surface area contributed by atoms with Crippen LogP contribution < -0.4 is 15.0 Å². The molecule has 5 heterocycles. The average Bonchev–Trinajstić information content (AvgIpc) is 3.79. The van der Waals surface area contributed by atoms with Gasteiger partial charge in [-0.2, -0.15) is 24.3 Å². The second-order valence-electron chi connectivity index (χ2n) is 13.8. The SMILES string of the molecule is CN1C(=O)N(C)C(O)c2[c-]nccc21.COc1nc(-c2cccc(-c3ccc[c-]c3Cl)c2Cl)cc2c1C(N1CCC3(CCN(CCO)C(=O)N3)C1)CC2.[Mn+2]. The van der Waals surface area contributed by atoms with Crippen LogP contribution in [-0.2, 0) is 23.5 Å². The molecule has 2 aromatic carbocycles. The third-order valence-electron chi connectivity index (χ3n) is 10.8. The van der Waals surface area contributed by atoms with Gasteiger partial charge in [-0.05, 0) is 37.3 Å². The average molecular weight is 814 g/mol. The van der Waals surface area contributed by atoms with E-state index in [4.69, 9.17) is 32.9 Å². The van der Waals surface area contributed by atoms with Gasteiger partial charge in [0.1, 0.15) is 6.23 Å². The molecule has 2 aromatic heterocycles. The second-order valence-corrected chi connectivity index (χ2v) is 14.5. The standard InChI is InChI=1S/C30H31Cl2N4O3.C9H10N3O2.Mn/c1-39-28-26-19(9-10-25(26)36-14-12-30(18-36)11-13-35(15-16-37)29(38)34-30)17-24(33-28)22-7-4-6-21(27(22)32)20-5-2-3-8-23(20)31;1-11-7-3-4-10-5-6(7)8(13)12(2)9(11)14;/h2-7,17,25,37H,9-16,18H2,1H3,(H,34,38);3-4,8,13H,1-2H3;/q2*-1;+2. The number of nitrogens with one attached hydrogen (secondary N) is 1. The van der Waals surface area contributed by atoms with E-state index in [0.29, 0.717) is 40.3 Å². The van der Waals surface area contributed by atoms with Crippen LogP contribution >= 0.6 is 23.2 Å². The van der Waals surface area contributed by atoms with Crippen LogP contribution in [0.25, 0.3) is 22.4 Å². The molecule has 15 heteroatoms. The Labute approximate surface area is 335 Å². The van der Waals surface area contributed by atoms with Crippen molar-refractivity contribution >= 4 is 41.0 Å². The summed E-state index contributed by atoms with van der Waals surface area (Å²) in [5.74, 6) is 0.625. The molecule has 2 fully saturated rings. The Morgan fingerprint density at radius 3 is 2.57 bits per heavy atom. The smallest absolute Gasteiger partial charge is 0.481 e. The van der Waals surface area contributed by atoms with Crippen molar-refractivity contribution in [1.82, 2.24) is 30.0 Å². The summed E-state index contributed by atoms with van der Waals surface area (Å²) in [7, 11) is 4.85. The van der Waals surface area contributed by atoms with E-state index < -0.39 is 6.23 Å². The summed E-state index contributed by atoms with van der Waals surface area (Å²) in [4.78, 5) is 39.8. The topological polar surface area (TPSA) is 135 Å². The van der Waals surface area contributed by atoms with Crippen LogP contribution in [0.1, 0.15) is 48.2 Å². The van der Waals surface area contributed by atoms with Gasteiger partial charge in [0.2, 0.25) is 5.88 Å². The van der Waals surface area contributed by atoms with E-state index >= 15 is 0 Å². The van der Waals surface area contributed by atoms with Crippen LogP contribution in [0.2, 0.25) is 10.0 Å². The van der Waals surface area contributed by atoms with Gasteiger partial charge in [0, 0.05) is 62.5 Å². The molecule has 2 saturated heterocycles. The fraction of sp³-hybridized carbons (Fsp3) is 0.385. The number of likely N-dealkylation sites (tertiary alicyclic amines) is 1. The number of halogens is 2. The molecule has 4 aromatic rings. The second kappa shape index (κ2) is 16.4. The van der Waals surface area contributed by atoms with Gasteiger partial charge in [-0.15, -0.1) is 23.2 Å².